The highest BCUT2D eigenvalue weighted by Gasteiger charge is 2.22. The predicted octanol–water partition coefficient (Wildman–Crippen LogP) is 7.08. The van der Waals surface area contributed by atoms with Gasteiger partial charge in [0.05, 0.1) is 10.4 Å². The molecule has 0 bridgehead atoms. The van der Waals surface area contributed by atoms with Crippen molar-refractivity contribution >= 4 is 50.9 Å². The number of ether oxygens (including phenoxy) is 1. The van der Waals surface area contributed by atoms with Crippen molar-refractivity contribution in [2.45, 2.75) is 6.92 Å². The van der Waals surface area contributed by atoms with Crippen molar-refractivity contribution in [3.05, 3.63) is 98.3 Å². The van der Waals surface area contributed by atoms with Gasteiger partial charge in [0.1, 0.15) is 11.2 Å². The van der Waals surface area contributed by atoms with Gasteiger partial charge >= 0.3 is 0 Å². The zero-order valence-electron chi connectivity index (χ0n) is 17.4. The van der Waals surface area contributed by atoms with E-state index in [0.29, 0.717) is 26.8 Å². The molecule has 0 atom stereocenters. The van der Waals surface area contributed by atoms with Gasteiger partial charge in [-0.15, -0.1) is 0 Å². The molecule has 0 amide bonds. The average Bonchev–Trinajstić information content (AvgIpc) is 3.24. The van der Waals surface area contributed by atoms with Crippen molar-refractivity contribution in [3.63, 3.8) is 0 Å². The maximum absolute atomic E-state index is 13.4. The van der Waals surface area contributed by atoms with E-state index in [-0.39, 0.29) is 22.7 Å². The standard InChI is InChI=1S/C26H16Cl2O5/c1-14-10-22-17(12-19(14)28)24(30)26(25(33-22)16-7-3-4-8-18(16)27)31-13-20(29)23-11-15-6-2-5-9-21(15)32-23/h2-12H,13H2,1H3. The molecule has 0 aliphatic heterocycles. The van der Waals surface area contributed by atoms with Crippen molar-refractivity contribution in [1.82, 2.24) is 0 Å². The van der Waals surface area contributed by atoms with E-state index in [2.05, 4.69) is 0 Å². The number of furan rings is 1. The monoisotopic (exact) mass is 478 g/mol. The van der Waals surface area contributed by atoms with Crippen molar-refractivity contribution in [1.29, 1.82) is 0 Å². The third-order valence-electron chi connectivity index (χ3n) is 5.30. The Morgan fingerprint density at radius 2 is 1.67 bits per heavy atom. The summed E-state index contributed by atoms with van der Waals surface area (Å²) in [4.78, 5) is 26.1. The molecule has 0 saturated heterocycles. The lowest BCUT2D eigenvalue weighted by Gasteiger charge is -2.12. The Bertz CT molecular complexity index is 1560. The molecule has 0 spiro atoms. The van der Waals surface area contributed by atoms with Crippen LogP contribution in [0.4, 0.5) is 0 Å². The maximum atomic E-state index is 13.4. The first-order valence-electron chi connectivity index (χ1n) is 10.1. The van der Waals surface area contributed by atoms with Gasteiger partial charge < -0.3 is 13.6 Å². The molecule has 0 fully saturated rings. The first kappa shape index (κ1) is 21.3. The van der Waals surface area contributed by atoms with Crippen molar-refractivity contribution in [2.24, 2.45) is 0 Å². The lowest BCUT2D eigenvalue weighted by atomic mass is 10.1. The van der Waals surface area contributed by atoms with Gasteiger partial charge in [0, 0.05) is 16.0 Å². The Labute approximate surface area is 198 Å². The highest BCUT2D eigenvalue weighted by Crippen LogP contribution is 2.36. The van der Waals surface area contributed by atoms with Crippen molar-refractivity contribution in [3.8, 4) is 17.1 Å². The number of hydrogen-bond donors (Lipinski definition) is 0. The number of Topliss-reactive ketones (excluding diaryl/α,β-unsaturated/α-hetero) is 1. The van der Waals surface area contributed by atoms with Crippen LogP contribution in [-0.4, -0.2) is 12.4 Å². The van der Waals surface area contributed by atoms with Gasteiger partial charge in [-0.25, -0.2) is 0 Å². The summed E-state index contributed by atoms with van der Waals surface area (Å²) in [5, 5.41) is 1.84. The smallest absolute Gasteiger partial charge is 0.235 e. The van der Waals surface area contributed by atoms with E-state index in [9.17, 15) is 9.59 Å². The minimum atomic E-state index is -0.453. The molecule has 3 aromatic carbocycles. The molecule has 2 aromatic heterocycles. The number of benzene rings is 3. The fraction of sp³-hybridized carbons (Fsp3) is 0.0769. The number of carbonyl (C=O) groups is 1. The summed E-state index contributed by atoms with van der Waals surface area (Å²) in [6.45, 7) is 1.39. The molecule has 5 nitrogen and oxygen atoms in total. The molecule has 5 aromatic rings. The summed E-state index contributed by atoms with van der Waals surface area (Å²) >= 11 is 12.6. The van der Waals surface area contributed by atoms with Gasteiger partial charge in [-0.1, -0.05) is 53.5 Å². The molecule has 7 heteroatoms. The first-order chi connectivity index (χ1) is 15.9. The van der Waals surface area contributed by atoms with Crippen molar-refractivity contribution in [2.75, 3.05) is 6.61 Å². The summed E-state index contributed by atoms with van der Waals surface area (Å²) in [5.41, 5.74) is 1.70. The Hall–Kier alpha value is -3.54. The summed E-state index contributed by atoms with van der Waals surface area (Å²) in [5.74, 6) is -0.269. The number of carbonyl (C=O) groups excluding carboxylic acids is 1. The van der Waals surface area contributed by atoms with E-state index in [0.717, 1.165) is 10.9 Å². The van der Waals surface area contributed by atoms with Crippen LogP contribution in [0.15, 0.2) is 80.4 Å². The third-order valence-corrected chi connectivity index (χ3v) is 6.03. The van der Waals surface area contributed by atoms with Crippen LogP contribution in [0.5, 0.6) is 5.75 Å². The fourth-order valence-corrected chi connectivity index (χ4v) is 3.97. The lowest BCUT2D eigenvalue weighted by Crippen LogP contribution is -2.17. The van der Waals surface area contributed by atoms with Crippen molar-refractivity contribution < 1.29 is 18.4 Å². The highest BCUT2D eigenvalue weighted by atomic mass is 35.5. The van der Waals surface area contributed by atoms with Crippen LogP contribution in [0.1, 0.15) is 16.1 Å². The quantitative estimate of drug-likeness (QED) is 0.252. The van der Waals surface area contributed by atoms with Gasteiger partial charge in [0.2, 0.25) is 17.0 Å². The van der Waals surface area contributed by atoms with Crippen LogP contribution in [0.2, 0.25) is 10.0 Å². The van der Waals surface area contributed by atoms with Crippen LogP contribution in [0, 0.1) is 6.92 Å². The predicted molar refractivity (Wildman–Crippen MR) is 129 cm³/mol. The van der Waals surface area contributed by atoms with Crippen LogP contribution < -0.4 is 10.2 Å². The molecule has 0 aliphatic rings. The SMILES string of the molecule is Cc1cc2oc(-c3ccccc3Cl)c(OCC(=O)c3cc4ccccc4o3)c(=O)c2cc1Cl. The van der Waals surface area contributed by atoms with E-state index in [1.165, 1.54) is 6.07 Å². The minimum absolute atomic E-state index is 0.125. The number of ketones is 1. The minimum Gasteiger partial charge on any atom is -0.478 e. The summed E-state index contributed by atoms with van der Waals surface area (Å²) in [7, 11) is 0. The zero-order valence-corrected chi connectivity index (χ0v) is 18.9. The molecular weight excluding hydrogens is 463 g/mol. The largest absolute Gasteiger partial charge is 0.478 e. The summed E-state index contributed by atoms with van der Waals surface area (Å²) < 4.78 is 17.4. The molecule has 0 aliphatic carbocycles. The lowest BCUT2D eigenvalue weighted by molar-refractivity contribution is 0.0894. The second kappa shape index (κ2) is 8.43. The normalized spacial score (nSPS) is 11.2. The van der Waals surface area contributed by atoms with Gasteiger partial charge in [0.25, 0.3) is 0 Å². The summed E-state index contributed by atoms with van der Waals surface area (Å²) in [6, 6.07) is 19.1. The Morgan fingerprint density at radius 3 is 2.45 bits per heavy atom. The topological polar surface area (TPSA) is 69.7 Å². The number of fused-ring (bicyclic) bond motifs is 2. The van der Waals surface area contributed by atoms with Gasteiger partial charge in [-0.2, -0.15) is 0 Å². The second-order valence-corrected chi connectivity index (χ2v) is 8.34. The van der Waals surface area contributed by atoms with E-state index >= 15 is 0 Å². The fourth-order valence-electron chi connectivity index (χ4n) is 3.58. The number of halogens is 2. The number of rotatable bonds is 5. The number of para-hydroxylation sites is 1. The summed E-state index contributed by atoms with van der Waals surface area (Å²) in [6.07, 6.45) is 0. The molecular formula is C26H16Cl2O5. The van der Waals surface area contributed by atoms with E-state index < -0.39 is 17.8 Å². The van der Waals surface area contributed by atoms with E-state index in [4.69, 9.17) is 36.8 Å². The molecule has 0 unspecified atom stereocenters. The Morgan fingerprint density at radius 1 is 0.909 bits per heavy atom. The molecule has 0 saturated carbocycles. The second-order valence-electron chi connectivity index (χ2n) is 7.53. The average molecular weight is 479 g/mol. The molecule has 2 heterocycles. The highest BCUT2D eigenvalue weighted by molar-refractivity contribution is 6.33. The van der Waals surface area contributed by atoms with Gasteiger partial charge in [0.15, 0.2) is 18.1 Å². The van der Waals surface area contributed by atoms with Gasteiger partial charge in [-0.05, 0) is 48.9 Å². The Kier molecular flexibility index (Phi) is 5.44. The Balaban J connectivity index is 1.59. The molecule has 0 radical (unpaired) electrons. The first-order valence-corrected chi connectivity index (χ1v) is 10.8. The van der Waals surface area contributed by atoms with Crippen LogP contribution in [-0.2, 0) is 0 Å². The molecule has 0 N–H and O–H groups in total. The van der Waals surface area contributed by atoms with E-state index in [1.54, 1.807) is 42.5 Å². The third kappa shape index (κ3) is 3.90. The molecule has 33 heavy (non-hydrogen) atoms. The van der Waals surface area contributed by atoms with Crippen LogP contribution in [0.25, 0.3) is 33.3 Å². The maximum Gasteiger partial charge on any atom is 0.235 e. The van der Waals surface area contributed by atoms with Crippen LogP contribution >= 0.6 is 23.2 Å². The van der Waals surface area contributed by atoms with Crippen LogP contribution in [0.3, 0.4) is 0 Å². The molecule has 5 rings (SSSR count). The van der Waals surface area contributed by atoms with E-state index in [1.807, 2.05) is 25.1 Å². The number of aryl methyl sites for hydroxylation is 1. The molecule has 164 valence electrons. The number of hydrogen-bond acceptors (Lipinski definition) is 5. The zero-order chi connectivity index (χ0) is 23.1. The van der Waals surface area contributed by atoms with Gasteiger partial charge in [-0.3, -0.25) is 9.59 Å².